The van der Waals surface area contributed by atoms with Crippen molar-refractivity contribution in [3.05, 3.63) is 29.6 Å². The Morgan fingerprint density at radius 1 is 1.40 bits per heavy atom. The molecule has 112 valence electrons. The Balaban J connectivity index is 2.12. The molecule has 1 fully saturated rings. The lowest BCUT2D eigenvalue weighted by molar-refractivity contribution is 0.122. The van der Waals surface area contributed by atoms with E-state index in [0.717, 1.165) is 24.8 Å². The number of hydrogen-bond donors (Lipinski definition) is 1. The second kappa shape index (κ2) is 7.07. The van der Waals surface area contributed by atoms with Crippen LogP contribution in [0, 0.1) is 11.7 Å². The van der Waals surface area contributed by atoms with E-state index in [1.54, 1.807) is 6.07 Å². The molecule has 2 N–H and O–H groups in total. The van der Waals surface area contributed by atoms with Crippen molar-refractivity contribution in [2.75, 3.05) is 0 Å². The molecule has 0 amide bonds. The lowest BCUT2D eigenvalue weighted by Gasteiger charge is -2.28. The van der Waals surface area contributed by atoms with Crippen LogP contribution in [0.4, 0.5) is 4.39 Å². The van der Waals surface area contributed by atoms with Gasteiger partial charge in [0.1, 0.15) is 0 Å². The van der Waals surface area contributed by atoms with E-state index in [0.29, 0.717) is 18.1 Å². The molecular formula is C17H26FNO. The normalized spacial score (nSPS) is 24.4. The smallest absolute Gasteiger partial charge is 0.165 e. The zero-order valence-electron chi connectivity index (χ0n) is 12.6. The summed E-state index contributed by atoms with van der Waals surface area (Å²) in [5.74, 6) is 0.835. The van der Waals surface area contributed by atoms with Crippen LogP contribution in [0.3, 0.4) is 0 Å². The fraction of sp³-hybridized carbons (Fsp3) is 0.647. The summed E-state index contributed by atoms with van der Waals surface area (Å²) in [4.78, 5) is 0. The largest absolute Gasteiger partial charge is 0.487 e. The highest BCUT2D eigenvalue weighted by Gasteiger charge is 2.23. The Labute approximate surface area is 121 Å². The average molecular weight is 279 g/mol. The van der Waals surface area contributed by atoms with Gasteiger partial charge in [0.25, 0.3) is 0 Å². The maximum absolute atomic E-state index is 14.1. The summed E-state index contributed by atoms with van der Waals surface area (Å²) in [5, 5.41) is 0. The molecule has 3 unspecified atom stereocenters. The van der Waals surface area contributed by atoms with Crippen molar-refractivity contribution < 1.29 is 9.13 Å². The average Bonchev–Trinajstić information content (AvgIpc) is 2.42. The van der Waals surface area contributed by atoms with Gasteiger partial charge in [0, 0.05) is 6.04 Å². The van der Waals surface area contributed by atoms with Gasteiger partial charge in [-0.15, -0.1) is 0 Å². The SMILES string of the molecule is CCC(N)Cc1cccc(F)c1OC1CCCC(C)C1. The van der Waals surface area contributed by atoms with Crippen molar-refractivity contribution in [2.24, 2.45) is 11.7 Å². The summed E-state index contributed by atoms with van der Waals surface area (Å²) >= 11 is 0. The lowest BCUT2D eigenvalue weighted by Crippen LogP contribution is -2.26. The van der Waals surface area contributed by atoms with E-state index in [1.807, 2.05) is 13.0 Å². The zero-order valence-corrected chi connectivity index (χ0v) is 12.6. The van der Waals surface area contributed by atoms with Gasteiger partial charge in [0.2, 0.25) is 0 Å². The minimum atomic E-state index is -0.260. The fourth-order valence-electron chi connectivity index (χ4n) is 2.93. The van der Waals surface area contributed by atoms with Crippen molar-refractivity contribution in [1.29, 1.82) is 0 Å². The molecule has 0 bridgehead atoms. The molecule has 0 aromatic heterocycles. The number of hydrogen-bond acceptors (Lipinski definition) is 2. The van der Waals surface area contributed by atoms with Crippen LogP contribution in [0.2, 0.25) is 0 Å². The standard InChI is InChI=1S/C17H26FNO/c1-3-14(19)11-13-7-5-9-16(18)17(13)20-15-8-4-6-12(2)10-15/h5,7,9,12,14-15H,3-4,6,8,10-11,19H2,1-2H3. The Morgan fingerprint density at radius 3 is 2.90 bits per heavy atom. The van der Waals surface area contributed by atoms with Crippen molar-refractivity contribution in [3.8, 4) is 5.75 Å². The molecule has 2 rings (SSSR count). The summed E-state index contributed by atoms with van der Waals surface area (Å²) < 4.78 is 20.1. The van der Waals surface area contributed by atoms with Gasteiger partial charge in [-0.3, -0.25) is 0 Å². The van der Waals surface area contributed by atoms with Crippen molar-refractivity contribution >= 4 is 0 Å². The molecule has 1 aromatic carbocycles. The van der Waals surface area contributed by atoms with E-state index in [4.69, 9.17) is 10.5 Å². The van der Waals surface area contributed by atoms with Gasteiger partial charge >= 0.3 is 0 Å². The number of ether oxygens (including phenoxy) is 1. The predicted octanol–water partition coefficient (Wildman–Crippen LogP) is 4.06. The monoisotopic (exact) mass is 279 g/mol. The molecule has 2 nitrogen and oxygen atoms in total. The minimum Gasteiger partial charge on any atom is -0.487 e. The zero-order chi connectivity index (χ0) is 14.5. The number of nitrogens with two attached hydrogens (primary N) is 1. The molecule has 0 radical (unpaired) electrons. The number of halogens is 1. The first kappa shape index (κ1) is 15.3. The molecule has 3 heteroatoms. The second-order valence-electron chi connectivity index (χ2n) is 6.11. The summed E-state index contributed by atoms with van der Waals surface area (Å²) in [6.07, 6.45) is 6.18. The minimum absolute atomic E-state index is 0.0597. The maximum atomic E-state index is 14.1. The van der Waals surface area contributed by atoms with Crippen LogP contribution in [-0.4, -0.2) is 12.1 Å². The van der Waals surface area contributed by atoms with Gasteiger partial charge in [-0.25, -0.2) is 4.39 Å². The third-order valence-electron chi connectivity index (χ3n) is 4.23. The van der Waals surface area contributed by atoms with Gasteiger partial charge < -0.3 is 10.5 Å². The van der Waals surface area contributed by atoms with Gasteiger partial charge in [0.05, 0.1) is 6.10 Å². The molecule has 1 saturated carbocycles. The van der Waals surface area contributed by atoms with E-state index in [-0.39, 0.29) is 18.0 Å². The molecule has 1 aliphatic rings. The lowest BCUT2D eigenvalue weighted by atomic mass is 9.88. The highest BCUT2D eigenvalue weighted by atomic mass is 19.1. The number of benzene rings is 1. The molecule has 1 aromatic rings. The van der Waals surface area contributed by atoms with E-state index in [1.165, 1.54) is 18.9 Å². The Bertz CT molecular complexity index is 435. The molecule has 0 spiro atoms. The molecule has 20 heavy (non-hydrogen) atoms. The van der Waals surface area contributed by atoms with Gasteiger partial charge in [0.15, 0.2) is 11.6 Å². The van der Waals surface area contributed by atoms with E-state index in [2.05, 4.69) is 6.92 Å². The van der Waals surface area contributed by atoms with Crippen LogP contribution in [-0.2, 0) is 6.42 Å². The first-order valence-electron chi connectivity index (χ1n) is 7.79. The highest BCUT2D eigenvalue weighted by molar-refractivity contribution is 5.35. The van der Waals surface area contributed by atoms with Gasteiger partial charge in [-0.1, -0.05) is 32.4 Å². The third-order valence-corrected chi connectivity index (χ3v) is 4.23. The molecular weight excluding hydrogens is 253 g/mol. The van der Waals surface area contributed by atoms with E-state index in [9.17, 15) is 4.39 Å². The van der Waals surface area contributed by atoms with Gasteiger partial charge in [-0.05, 0) is 49.7 Å². The van der Waals surface area contributed by atoms with Crippen LogP contribution >= 0.6 is 0 Å². The Hall–Kier alpha value is -1.09. The number of para-hydroxylation sites is 1. The third kappa shape index (κ3) is 3.95. The number of rotatable bonds is 5. The van der Waals surface area contributed by atoms with Crippen LogP contribution in [0.25, 0.3) is 0 Å². The first-order chi connectivity index (χ1) is 9.60. The summed E-state index contributed by atoms with van der Waals surface area (Å²) in [7, 11) is 0. The van der Waals surface area contributed by atoms with Crippen LogP contribution in [0.15, 0.2) is 18.2 Å². The second-order valence-corrected chi connectivity index (χ2v) is 6.11. The van der Waals surface area contributed by atoms with Gasteiger partial charge in [-0.2, -0.15) is 0 Å². The fourth-order valence-corrected chi connectivity index (χ4v) is 2.93. The first-order valence-corrected chi connectivity index (χ1v) is 7.79. The summed E-state index contributed by atoms with van der Waals surface area (Å²) in [6.45, 7) is 4.29. The maximum Gasteiger partial charge on any atom is 0.165 e. The quantitative estimate of drug-likeness (QED) is 0.882. The predicted molar refractivity (Wildman–Crippen MR) is 80.4 cm³/mol. The van der Waals surface area contributed by atoms with Crippen LogP contribution in [0.1, 0.15) is 51.5 Å². The van der Waals surface area contributed by atoms with Crippen molar-refractivity contribution in [1.82, 2.24) is 0 Å². The molecule has 1 aliphatic carbocycles. The Morgan fingerprint density at radius 2 is 2.20 bits per heavy atom. The van der Waals surface area contributed by atoms with Crippen LogP contribution in [0.5, 0.6) is 5.75 Å². The van der Waals surface area contributed by atoms with E-state index >= 15 is 0 Å². The summed E-state index contributed by atoms with van der Waals surface area (Å²) in [5.41, 5.74) is 6.90. The van der Waals surface area contributed by atoms with Crippen molar-refractivity contribution in [2.45, 2.75) is 64.5 Å². The van der Waals surface area contributed by atoms with E-state index < -0.39 is 0 Å². The molecule has 0 heterocycles. The topological polar surface area (TPSA) is 35.2 Å². The summed E-state index contributed by atoms with van der Waals surface area (Å²) in [6, 6.07) is 5.20. The van der Waals surface area contributed by atoms with Crippen LogP contribution < -0.4 is 10.5 Å². The Kier molecular flexibility index (Phi) is 5.41. The molecule has 3 atom stereocenters. The van der Waals surface area contributed by atoms with Crippen molar-refractivity contribution in [3.63, 3.8) is 0 Å². The highest BCUT2D eigenvalue weighted by Crippen LogP contribution is 2.31. The molecule has 0 saturated heterocycles. The molecule has 0 aliphatic heterocycles.